The number of anilines is 1. The molecule has 5 nitrogen and oxygen atoms in total. The van der Waals surface area contributed by atoms with E-state index in [1.54, 1.807) is 12.4 Å². The Hall–Kier alpha value is -1.30. The van der Waals surface area contributed by atoms with Crippen molar-refractivity contribution >= 4 is 23.6 Å². The molecule has 1 aliphatic carbocycles. The predicted molar refractivity (Wildman–Crippen MR) is 94.7 cm³/mol. The zero-order chi connectivity index (χ0) is 15.9. The molecule has 0 bridgehead atoms. The van der Waals surface area contributed by atoms with Crippen molar-refractivity contribution in [3.63, 3.8) is 0 Å². The summed E-state index contributed by atoms with van der Waals surface area (Å²) in [6.45, 7) is 3.21. The van der Waals surface area contributed by atoms with Gasteiger partial charge in [-0.3, -0.25) is 4.79 Å². The van der Waals surface area contributed by atoms with Gasteiger partial charge in [0, 0.05) is 50.7 Å². The minimum atomic E-state index is 0.303. The fraction of sp³-hybridized carbons (Fsp3) is 0.706. The quantitative estimate of drug-likeness (QED) is 0.748. The normalized spacial score (nSPS) is 19.3. The van der Waals surface area contributed by atoms with E-state index < -0.39 is 0 Å². The summed E-state index contributed by atoms with van der Waals surface area (Å²) in [5.74, 6) is 4.19. The molecule has 1 saturated carbocycles. The fourth-order valence-corrected chi connectivity index (χ4v) is 4.51. The molecule has 2 heterocycles. The van der Waals surface area contributed by atoms with Crippen molar-refractivity contribution in [1.82, 2.24) is 14.9 Å². The van der Waals surface area contributed by atoms with Gasteiger partial charge in [-0.2, -0.15) is 11.8 Å². The van der Waals surface area contributed by atoms with Crippen molar-refractivity contribution in [1.29, 1.82) is 0 Å². The number of rotatable bonds is 6. The van der Waals surface area contributed by atoms with E-state index in [0.717, 1.165) is 43.8 Å². The summed E-state index contributed by atoms with van der Waals surface area (Å²) < 4.78 is 0. The number of hydrogen-bond acceptors (Lipinski definition) is 5. The maximum absolute atomic E-state index is 12.3. The van der Waals surface area contributed by atoms with Crippen LogP contribution in [-0.2, 0) is 4.79 Å². The Morgan fingerprint density at radius 2 is 1.83 bits per heavy atom. The van der Waals surface area contributed by atoms with Crippen LogP contribution in [0.4, 0.5) is 5.95 Å². The molecule has 2 aliphatic rings. The van der Waals surface area contributed by atoms with Gasteiger partial charge in [-0.15, -0.1) is 0 Å². The van der Waals surface area contributed by atoms with E-state index in [9.17, 15) is 4.79 Å². The van der Waals surface area contributed by atoms with Crippen LogP contribution in [-0.4, -0.2) is 58.5 Å². The van der Waals surface area contributed by atoms with E-state index in [1.807, 2.05) is 22.7 Å². The average molecular weight is 334 g/mol. The topological polar surface area (TPSA) is 49.3 Å². The lowest BCUT2D eigenvalue weighted by molar-refractivity contribution is -0.131. The van der Waals surface area contributed by atoms with Crippen LogP contribution in [0.3, 0.4) is 0 Å². The second-order valence-electron chi connectivity index (χ2n) is 6.39. The Kier molecular flexibility index (Phi) is 6.13. The smallest absolute Gasteiger partial charge is 0.225 e. The van der Waals surface area contributed by atoms with Crippen LogP contribution >= 0.6 is 11.8 Å². The first-order valence-electron chi connectivity index (χ1n) is 8.70. The van der Waals surface area contributed by atoms with Gasteiger partial charge >= 0.3 is 0 Å². The predicted octanol–water partition coefficient (Wildman–Crippen LogP) is 2.44. The fourth-order valence-electron chi connectivity index (χ4n) is 3.35. The molecule has 0 spiro atoms. The lowest BCUT2D eigenvalue weighted by Gasteiger charge is -2.34. The zero-order valence-electron chi connectivity index (χ0n) is 13.7. The van der Waals surface area contributed by atoms with Crippen LogP contribution in [0.15, 0.2) is 18.5 Å². The van der Waals surface area contributed by atoms with Gasteiger partial charge in [0.1, 0.15) is 0 Å². The molecule has 3 rings (SSSR count). The van der Waals surface area contributed by atoms with E-state index in [2.05, 4.69) is 14.9 Å². The van der Waals surface area contributed by atoms with E-state index in [0.29, 0.717) is 12.3 Å². The van der Waals surface area contributed by atoms with Crippen LogP contribution in [0.5, 0.6) is 0 Å². The summed E-state index contributed by atoms with van der Waals surface area (Å²) in [5.41, 5.74) is 0. The summed E-state index contributed by atoms with van der Waals surface area (Å²) in [6.07, 6.45) is 9.80. The van der Waals surface area contributed by atoms with Crippen LogP contribution in [0.1, 0.15) is 32.1 Å². The van der Waals surface area contributed by atoms with E-state index >= 15 is 0 Å². The summed E-state index contributed by atoms with van der Waals surface area (Å²) in [6, 6.07) is 1.83. The summed E-state index contributed by atoms with van der Waals surface area (Å²) in [4.78, 5) is 25.0. The maximum Gasteiger partial charge on any atom is 0.225 e. The summed E-state index contributed by atoms with van der Waals surface area (Å²) in [5, 5.41) is 0. The molecule has 0 radical (unpaired) electrons. The molecule has 1 aromatic rings. The average Bonchev–Trinajstić information content (AvgIpc) is 3.13. The molecule has 1 amide bonds. The van der Waals surface area contributed by atoms with Gasteiger partial charge in [0.2, 0.25) is 11.9 Å². The van der Waals surface area contributed by atoms with Gasteiger partial charge in [0.05, 0.1) is 0 Å². The third-order valence-electron chi connectivity index (χ3n) is 4.76. The third-order valence-corrected chi connectivity index (χ3v) is 5.96. The molecule has 0 unspecified atom stereocenters. The van der Waals surface area contributed by atoms with Gasteiger partial charge < -0.3 is 9.80 Å². The molecule has 1 aliphatic heterocycles. The molecule has 23 heavy (non-hydrogen) atoms. The summed E-state index contributed by atoms with van der Waals surface area (Å²) in [7, 11) is 0. The molecule has 126 valence electrons. The number of hydrogen-bond donors (Lipinski definition) is 0. The molecule has 0 N–H and O–H groups in total. The Morgan fingerprint density at radius 3 is 2.52 bits per heavy atom. The largest absolute Gasteiger partial charge is 0.339 e. The molecule has 0 atom stereocenters. The SMILES string of the molecule is O=C(CCSCC1CCCC1)N1CCN(c2ncccn2)CC1. The van der Waals surface area contributed by atoms with Gasteiger partial charge in [-0.05, 0) is 30.6 Å². The highest BCUT2D eigenvalue weighted by Gasteiger charge is 2.22. The van der Waals surface area contributed by atoms with Crippen molar-refractivity contribution < 1.29 is 4.79 Å². The van der Waals surface area contributed by atoms with E-state index in [4.69, 9.17) is 0 Å². The minimum Gasteiger partial charge on any atom is -0.339 e. The number of thioether (sulfide) groups is 1. The van der Waals surface area contributed by atoms with Gasteiger partial charge in [0.15, 0.2) is 0 Å². The highest BCUT2D eigenvalue weighted by molar-refractivity contribution is 7.99. The highest BCUT2D eigenvalue weighted by atomic mass is 32.2. The number of aromatic nitrogens is 2. The number of carbonyl (C=O) groups is 1. The molecule has 0 aromatic carbocycles. The van der Waals surface area contributed by atoms with Crippen molar-refractivity contribution in [3.8, 4) is 0 Å². The van der Waals surface area contributed by atoms with Crippen molar-refractivity contribution in [3.05, 3.63) is 18.5 Å². The van der Waals surface area contributed by atoms with Crippen LogP contribution in [0.2, 0.25) is 0 Å². The highest BCUT2D eigenvalue weighted by Crippen LogP contribution is 2.28. The first-order chi connectivity index (χ1) is 11.3. The Morgan fingerprint density at radius 1 is 1.13 bits per heavy atom. The van der Waals surface area contributed by atoms with Crippen LogP contribution < -0.4 is 4.90 Å². The maximum atomic E-state index is 12.3. The second-order valence-corrected chi connectivity index (χ2v) is 7.54. The number of piperazine rings is 1. The first-order valence-corrected chi connectivity index (χ1v) is 9.86. The lowest BCUT2D eigenvalue weighted by Crippen LogP contribution is -2.49. The molecule has 2 fully saturated rings. The van der Waals surface area contributed by atoms with Gasteiger partial charge in [-0.1, -0.05) is 12.8 Å². The van der Waals surface area contributed by atoms with Crippen LogP contribution in [0, 0.1) is 5.92 Å². The molecular formula is C17H26N4OS. The van der Waals surface area contributed by atoms with E-state index in [1.165, 1.54) is 31.4 Å². The number of nitrogens with zero attached hydrogens (tertiary/aromatic N) is 4. The standard InChI is InChI=1S/C17H26N4OS/c22-16(6-13-23-14-15-4-1-2-5-15)20-9-11-21(12-10-20)17-18-7-3-8-19-17/h3,7-8,15H,1-2,4-6,9-14H2. The first kappa shape index (κ1) is 16.6. The molecular weight excluding hydrogens is 308 g/mol. The van der Waals surface area contributed by atoms with Crippen molar-refractivity contribution in [2.45, 2.75) is 32.1 Å². The second kappa shape index (κ2) is 8.52. The van der Waals surface area contributed by atoms with E-state index in [-0.39, 0.29) is 0 Å². The Labute approximate surface area is 142 Å². The zero-order valence-corrected chi connectivity index (χ0v) is 14.5. The third kappa shape index (κ3) is 4.83. The molecule has 1 saturated heterocycles. The van der Waals surface area contributed by atoms with Gasteiger partial charge in [-0.25, -0.2) is 9.97 Å². The van der Waals surface area contributed by atoms with Gasteiger partial charge in [0.25, 0.3) is 0 Å². The monoisotopic (exact) mass is 334 g/mol. The van der Waals surface area contributed by atoms with Crippen LogP contribution in [0.25, 0.3) is 0 Å². The summed E-state index contributed by atoms with van der Waals surface area (Å²) >= 11 is 1.96. The van der Waals surface area contributed by atoms with Crippen molar-refractivity contribution in [2.75, 3.05) is 42.6 Å². The molecule has 6 heteroatoms. The molecule has 1 aromatic heterocycles. The lowest BCUT2D eigenvalue weighted by atomic mass is 10.1. The Bertz CT molecular complexity index is 485. The Balaban J connectivity index is 1.33. The minimum absolute atomic E-state index is 0.303. The number of carbonyl (C=O) groups excluding carboxylic acids is 1. The van der Waals surface area contributed by atoms with Crippen molar-refractivity contribution in [2.24, 2.45) is 5.92 Å². The number of amides is 1.